The molecule has 0 N–H and O–H groups in total. The van der Waals surface area contributed by atoms with E-state index in [0.717, 1.165) is 0 Å². The molecule has 0 fully saturated rings. The molecule has 0 aromatic rings. The average molecular weight is 155 g/mol. The third kappa shape index (κ3) is 62.4. The second kappa shape index (κ2) is 21.7. The van der Waals surface area contributed by atoms with Crippen LogP contribution < -0.4 is 0 Å². The van der Waals surface area contributed by atoms with Gasteiger partial charge in [-0.15, -0.1) is 0 Å². The molecule has 0 aliphatic rings. The molecule has 0 atom stereocenters. The second-order valence-corrected chi connectivity index (χ2v) is 0.344. The van der Waals surface area contributed by atoms with Crippen LogP contribution >= 0.6 is 0 Å². The molecule has 5 heavy (non-hydrogen) atoms. The van der Waals surface area contributed by atoms with Gasteiger partial charge in [0.15, 0.2) is 0 Å². The summed E-state index contributed by atoms with van der Waals surface area (Å²) in [6.45, 7) is 0. The summed E-state index contributed by atoms with van der Waals surface area (Å²) < 4.78 is 26.2. The molecule has 0 saturated heterocycles. The second-order valence-electron chi connectivity index (χ2n) is 0.0833. The van der Waals surface area contributed by atoms with Crippen molar-refractivity contribution in [3.05, 3.63) is 0 Å². The molecule has 2 nitrogen and oxygen atoms in total. The van der Waals surface area contributed by atoms with Crippen LogP contribution in [0.5, 0.6) is 0 Å². The van der Waals surface area contributed by atoms with E-state index >= 15 is 0 Å². The van der Waals surface area contributed by atoms with Gasteiger partial charge in [0, 0.05) is 0 Å². The Bertz CT molecular complexity index is 30.6. The van der Waals surface area contributed by atoms with Gasteiger partial charge in [-0.1, -0.05) is 0 Å². The summed E-state index contributed by atoms with van der Waals surface area (Å²) in [5, 5.41) is 0. The topological polar surface area (TPSA) is 34.1 Å². The summed E-state index contributed by atoms with van der Waals surface area (Å²) in [4.78, 5) is 0. The van der Waals surface area contributed by atoms with E-state index < -0.39 is 19.1 Å². The Labute approximate surface area is 46.0 Å². The number of hydrogen-bond donors (Lipinski definition) is 0. The van der Waals surface area contributed by atoms with E-state index in [4.69, 9.17) is 6.65 Å². The molecule has 0 aliphatic heterocycles. The van der Waals surface area contributed by atoms with Crippen LogP contribution in [-0.4, -0.2) is 0 Å². The van der Waals surface area contributed by atoms with Gasteiger partial charge < -0.3 is 0 Å². The Morgan fingerprint density at radius 3 is 1.40 bits per heavy atom. The van der Waals surface area contributed by atoms with Crippen LogP contribution in [-0.2, 0) is 42.2 Å². The minimum atomic E-state index is -2.00. The van der Waals surface area contributed by atoms with Crippen molar-refractivity contribution >= 4 is 0 Å². The maximum absolute atomic E-state index is 9.25. The van der Waals surface area contributed by atoms with Crippen molar-refractivity contribution in [1.82, 2.24) is 0 Å². The third-order valence-corrected chi connectivity index (χ3v) is 0. The van der Waals surface area contributed by atoms with E-state index in [1.165, 1.54) is 0 Å². The van der Waals surface area contributed by atoms with E-state index in [0.29, 0.717) is 0 Å². The van der Waals surface area contributed by atoms with Crippen molar-refractivity contribution in [2.45, 2.75) is 0 Å². The van der Waals surface area contributed by atoms with E-state index in [1.807, 2.05) is 0 Å². The predicted molar refractivity (Wildman–Crippen MR) is 2.48 cm³/mol. The van der Waals surface area contributed by atoms with Gasteiger partial charge in [-0.05, 0) is 0 Å². The Kier molecular flexibility index (Phi) is 40.1. The molecule has 0 aromatic heterocycles. The normalized spacial score (nSPS) is 2.80. The molecule has 0 aromatic carbocycles. The zero-order valence-corrected chi connectivity index (χ0v) is 4.71. The SMILES string of the molecule is [F][Fe].[O]=[Ti]=[O]. The van der Waals surface area contributed by atoms with Crippen molar-refractivity contribution in [3.8, 4) is 0 Å². The summed E-state index contributed by atoms with van der Waals surface area (Å²) in [7, 11) is 0. The van der Waals surface area contributed by atoms with E-state index in [1.54, 1.807) is 16.5 Å². The number of rotatable bonds is 0. The van der Waals surface area contributed by atoms with Gasteiger partial charge in [0.2, 0.25) is 0 Å². The van der Waals surface area contributed by atoms with Crippen LogP contribution in [0, 0.1) is 0 Å². The zero-order valence-electron chi connectivity index (χ0n) is 2.05. The summed E-state index contributed by atoms with van der Waals surface area (Å²) in [5.74, 6) is 0. The predicted octanol–water partition coefficient (Wildman–Crippen LogP) is 0.178. The molecule has 0 aliphatic carbocycles. The van der Waals surface area contributed by atoms with Crippen LogP contribution in [0.2, 0.25) is 0 Å². The first-order valence-electron chi connectivity index (χ1n) is 0.542. The van der Waals surface area contributed by atoms with Gasteiger partial charge in [-0.3, -0.25) is 0 Å². The molecule has 31 valence electrons. The van der Waals surface area contributed by atoms with Gasteiger partial charge in [0.05, 0.1) is 0 Å². The Morgan fingerprint density at radius 1 is 1.40 bits per heavy atom. The molecular weight excluding hydrogens is 155 g/mol. The van der Waals surface area contributed by atoms with E-state index in [9.17, 15) is 3.55 Å². The number of hydrogen-bond acceptors (Lipinski definition) is 2. The van der Waals surface area contributed by atoms with Crippen molar-refractivity contribution in [2.24, 2.45) is 0 Å². The van der Waals surface area contributed by atoms with Crippen LogP contribution in [0.15, 0.2) is 0 Å². The summed E-state index contributed by atoms with van der Waals surface area (Å²) >= 11 is -0.250. The third-order valence-electron chi connectivity index (χ3n) is 0. The van der Waals surface area contributed by atoms with Gasteiger partial charge in [-0.2, -0.15) is 0 Å². The van der Waals surface area contributed by atoms with Crippen molar-refractivity contribution in [2.75, 3.05) is 0 Å². The molecule has 0 spiro atoms. The Hall–Kier alpha value is 0.764. The Balaban J connectivity index is 0. The van der Waals surface area contributed by atoms with Crippen LogP contribution in [0.4, 0.5) is 3.55 Å². The van der Waals surface area contributed by atoms with E-state index in [-0.39, 0.29) is 0 Å². The first-order valence-corrected chi connectivity index (χ1v) is 2.23. The molecule has 0 rings (SSSR count). The van der Waals surface area contributed by atoms with Gasteiger partial charge >= 0.3 is 45.8 Å². The molecule has 0 saturated carbocycles. The number of halogens is 1. The van der Waals surface area contributed by atoms with Gasteiger partial charge in [0.1, 0.15) is 0 Å². The molecule has 0 bridgehead atoms. The van der Waals surface area contributed by atoms with E-state index in [2.05, 4.69) is 0 Å². The molecule has 0 heterocycles. The quantitative estimate of drug-likeness (QED) is 0.467. The van der Waals surface area contributed by atoms with Crippen molar-refractivity contribution in [1.29, 1.82) is 0 Å². The van der Waals surface area contributed by atoms with Crippen LogP contribution in [0.3, 0.4) is 0 Å². The average Bonchev–Trinajstić information content (AvgIpc) is 1.46. The Morgan fingerprint density at radius 2 is 1.40 bits per heavy atom. The summed E-state index contributed by atoms with van der Waals surface area (Å²) in [6, 6.07) is 0. The summed E-state index contributed by atoms with van der Waals surface area (Å²) in [6.07, 6.45) is 0. The molecule has 0 amide bonds. The maximum atomic E-state index is 9.25. The molecular formula is FFeO2Ti. The first kappa shape index (κ1) is 9.23. The minimum absolute atomic E-state index is 1.75. The fourth-order valence-electron chi connectivity index (χ4n) is 0. The van der Waals surface area contributed by atoms with Crippen LogP contribution in [0.1, 0.15) is 0 Å². The zero-order chi connectivity index (χ0) is 4.71. The fraction of sp³-hybridized carbons (Fsp3) is 0. The van der Waals surface area contributed by atoms with Crippen molar-refractivity contribution in [3.63, 3.8) is 0 Å². The molecule has 5 heteroatoms. The first-order chi connectivity index (χ1) is 2.41. The van der Waals surface area contributed by atoms with Crippen molar-refractivity contribution < 1.29 is 45.8 Å². The standard InChI is InChI=1S/FH.Fe.2O.Ti/h1H;;;;/q;+1;;;/p-1. The monoisotopic (exact) mass is 155 g/mol. The summed E-state index contributed by atoms with van der Waals surface area (Å²) in [5.41, 5.74) is 0. The molecule has 0 unspecified atom stereocenters. The van der Waals surface area contributed by atoms with Gasteiger partial charge in [-0.25, -0.2) is 0 Å². The molecule has 0 radical (unpaired) electrons. The fourth-order valence-corrected chi connectivity index (χ4v) is 0. The van der Waals surface area contributed by atoms with Crippen LogP contribution in [0.25, 0.3) is 0 Å². The van der Waals surface area contributed by atoms with Gasteiger partial charge in [0.25, 0.3) is 0 Å².